The van der Waals surface area contributed by atoms with Crippen molar-refractivity contribution in [3.63, 3.8) is 0 Å². The van der Waals surface area contributed by atoms with Gasteiger partial charge in [-0.15, -0.1) is 0 Å². The third kappa shape index (κ3) is 3.19. The maximum Gasteiger partial charge on any atom is 0.247 e. The summed E-state index contributed by atoms with van der Waals surface area (Å²) >= 11 is 0. The number of benzene rings is 8. The van der Waals surface area contributed by atoms with Crippen LogP contribution < -0.4 is 32.8 Å². The topological polar surface area (TPSA) is 9.86 Å². The summed E-state index contributed by atoms with van der Waals surface area (Å²) in [7, 11) is 0. The van der Waals surface area contributed by atoms with Gasteiger partial charge < -0.3 is 9.13 Å². The molecule has 8 aromatic carbocycles. The number of hydrogen-bond acceptors (Lipinski definition) is 0. The Morgan fingerprint density at radius 1 is 0.345 bits per heavy atom. The van der Waals surface area contributed by atoms with Crippen molar-refractivity contribution in [2.45, 2.75) is 19.3 Å². The van der Waals surface area contributed by atoms with Gasteiger partial charge in [-0.1, -0.05) is 132 Å². The predicted molar refractivity (Wildman–Crippen MR) is 231 cm³/mol. The molecule has 0 saturated heterocycles. The van der Waals surface area contributed by atoms with Crippen LogP contribution in [0.4, 0.5) is 0 Å². The first-order chi connectivity index (χ1) is 27.3. The van der Waals surface area contributed by atoms with E-state index >= 15 is 0 Å². The molecule has 55 heavy (non-hydrogen) atoms. The predicted octanol–water partition coefficient (Wildman–Crippen LogP) is 6.92. The highest BCUT2D eigenvalue weighted by Crippen LogP contribution is 2.42. The van der Waals surface area contributed by atoms with E-state index in [2.05, 4.69) is 155 Å². The molecule has 0 amide bonds. The Hall–Kier alpha value is -6.51. The highest BCUT2D eigenvalue weighted by Gasteiger charge is 2.42. The number of para-hydroxylation sites is 4. The first kappa shape index (κ1) is 28.0. The van der Waals surface area contributed by atoms with Gasteiger partial charge in [0.1, 0.15) is 0 Å². The third-order valence-electron chi connectivity index (χ3n) is 14.3. The first-order valence-corrected chi connectivity index (χ1v) is 19.9. The maximum atomic E-state index is 2.63. The fraction of sp³-hybridized carbons (Fsp3) is 0.0588. The van der Waals surface area contributed by atoms with Gasteiger partial charge in [-0.05, 0) is 110 Å². The monoisotopic (exact) mass is 692 g/mol. The molecule has 5 aliphatic rings. The van der Waals surface area contributed by atoms with Crippen LogP contribution in [0.5, 0.6) is 0 Å². The molecule has 1 aliphatic carbocycles. The Morgan fingerprint density at radius 2 is 0.782 bits per heavy atom. The molecule has 6 heterocycles. The number of hydrogen-bond donors (Lipinski definition) is 0. The van der Waals surface area contributed by atoms with Crippen molar-refractivity contribution in [1.29, 1.82) is 0 Å². The average Bonchev–Trinajstić information content (AvgIpc) is 3.88. The summed E-state index contributed by atoms with van der Waals surface area (Å²) in [6, 6.07) is 56.5. The molecule has 0 N–H and O–H groups in total. The molecule has 10 aromatic rings. The van der Waals surface area contributed by atoms with Crippen molar-refractivity contribution in [3.8, 4) is 22.5 Å². The van der Waals surface area contributed by atoms with Crippen LogP contribution in [-0.4, -0.2) is 22.6 Å². The van der Waals surface area contributed by atoms with Gasteiger partial charge in [0, 0.05) is 44.0 Å². The Balaban J connectivity index is 0.967. The van der Waals surface area contributed by atoms with Gasteiger partial charge in [-0.2, -0.15) is 0 Å². The molecule has 0 bridgehead atoms. The molecule has 0 spiro atoms. The molecule has 0 unspecified atom stereocenters. The maximum absolute atomic E-state index is 2.63. The first-order valence-electron chi connectivity index (χ1n) is 19.9. The number of fused-ring (bicyclic) bond motifs is 19. The van der Waals surface area contributed by atoms with E-state index < -0.39 is 0 Å². The summed E-state index contributed by atoms with van der Waals surface area (Å²) < 4.78 is 5.12. The van der Waals surface area contributed by atoms with Crippen LogP contribution >= 0.6 is 0 Å². The van der Waals surface area contributed by atoms with E-state index in [9.17, 15) is 0 Å². The van der Waals surface area contributed by atoms with Gasteiger partial charge >= 0.3 is 0 Å². The highest BCUT2D eigenvalue weighted by molar-refractivity contribution is 6.99. The van der Waals surface area contributed by atoms with Gasteiger partial charge in [0.2, 0.25) is 13.4 Å². The summed E-state index contributed by atoms with van der Waals surface area (Å²) in [6.45, 7) is 0.435. The molecule has 15 rings (SSSR count). The second-order valence-corrected chi connectivity index (χ2v) is 16.7. The smallest absolute Gasteiger partial charge is 0.247 e. The van der Waals surface area contributed by atoms with Gasteiger partial charge in [0.05, 0.1) is 11.0 Å². The lowest BCUT2D eigenvalue weighted by Crippen LogP contribution is -2.60. The minimum Gasteiger partial charge on any atom is -0.310 e. The summed E-state index contributed by atoms with van der Waals surface area (Å²) in [5, 5.41) is 5.43. The highest BCUT2D eigenvalue weighted by atomic mass is 15.0. The van der Waals surface area contributed by atoms with E-state index in [1.807, 2.05) is 0 Å². The summed E-state index contributed by atoms with van der Waals surface area (Å²) in [5.41, 5.74) is 28.7. The van der Waals surface area contributed by atoms with Gasteiger partial charge in [-0.25, -0.2) is 0 Å². The minimum absolute atomic E-state index is 0.217. The lowest BCUT2D eigenvalue weighted by atomic mass is 9.32. The fourth-order valence-corrected chi connectivity index (χ4v) is 12.2. The van der Waals surface area contributed by atoms with Crippen LogP contribution in [0.25, 0.3) is 66.1 Å². The van der Waals surface area contributed by atoms with Crippen molar-refractivity contribution < 1.29 is 0 Å². The fourth-order valence-electron chi connectivity index (χ4n) is 12.2. The zero-order valence-corrected chi connectivity index (χ0v) is 30.0. The Labute approximate surface area is 318 Å². The van der Waals surface area contributed by atoms with Crippen LogP contribution in [0.1, 0.15) is 33.4 Å². The summed E-state index contributed by atoms with van der Waals surface area (Å²) in [5.74, 6) is 0. The van der Waals surface area contributed by atoms with E-state index in [0.717, 1.165) is 19.3 Å². The molecular formula is C51H30B2N2. The van der Waals surface area contributed by atoms with Gasteiger partial charge in [0.25, 0.3) is 0 Å². The number of rotatable bonds is 0. The molecule has 0 atom stereocenters. The zero-order valence-electron chi connectivity index (χ0n) is 30.0. The summed E-state index contributed by atoms with van der Waals surface area (Å²) in [4.78, 5) is 0. The quantitative estimate of drug-likeness (QED) is 0.153. The molecule has 0 saturated carbocycles. The van der Waals surface area contributed by atoms with E-state index in [4.69, 9.17) is 0 Å². The van der Waals surface area contributed by atoms with Crippen LogP contribution in [0.15, 0.2) is 146 Å². The van der Waals surface area contributed by atoms with Gasteiger partial charge in [-0.3, -0.25) is 0 Å². The van der Waals surface area contributed by atoms with Crippen molar-refractivity contribution in [2.75, 3.05) is 0 Å². The average molecular weight is 692 g/mol. The minimum atomic E-state index is 0.217. The molecule has 2 aromatic heterocycles. The Morgan fingerprint density at radius 3 is 1.29 bits per heavy atom. The van der Waals surface area contributed by atoms with Crippen LogP contribution in [0, 0.1) is 0 Å². The van der Waals surface area contributed by atoms with Crippen LogP contribution in [-0.2, 0) is 19.3 Å². The number of aromatic nitrogens is 2. The van der Waals surface area contributed by atoms with Crippen molar-refractivity contribution in [2.24, 2.45) is 0 Å². The van der Waals surface area contributed by atoms with Crippen LogP contribution in [0.3, 0.4) is 0 Å². The van der Waals surface area contributed by atoms with E-state index in [-0.39, 0.29) is 13.4 Å². The lowest BCUT2D eigenvalue weighted by Gasteiger charge is -2.34. The molecule has 4 aliphatic heterocycles. The normalized spacial score (nSPS) is 14.6. The number of nitrogens with zero attached hydrogens (tertiary/aromatic N) is 2. The largest absolute Gasteiger partial charge is 0.310 e. The molecule has 0 fully saturated rings. The SMILES string of the molecule is c1ccc2c(c1)B1c3cc4c(cc3Cc3ccc5c6ccccc6n-2c5c31)Cc1cc2c(cc1-4)B1c3ccccc3-n3c4ccccc4c4ccc(c1c43)C2. The van der Waals surface area contributed by atoms with E-state index in [1.54, 1.807) is 0 Å². The summed E-state index contributed by atoms with van der Waals surface area (Å²) in [6.07, 6.45) is 2.98. The molecule has 2 nitrogen and oxygen atoms in total. The Kier molecular flexibility index (Phi) is 4.79. The Bertz CT molecular complexity index is 3260. The van der Waals surface area contributed by atoms with Crippen molar-refractivity contribution in [3.05, 3.63) is 179 Å². The zero-order chi connectivity index (χ0) is 35.3. The van der Waals surface area contributed by atoms with Crippen LogP contribution in [0.2, 0.25) is 0 Å². The molecule has 250 valence electrons. The van der Waals surface area contributed by atoms with Crippen molar-refractivity contribution >= 4 is 89.8 Å². The molecule has 0 radical (unpaired) electrons. The second kappa shape index (κ2) is 9.40. The molecule has 4 heteroatoms. The van der Waals surface area contributed by atoms with Crippen molar-refractivity contribution in [1.82, 2.24) is 9.13 Å². The standard InChI is InChI=1S/C51H30B2N2/c1-5-13-44-34(9-1)36-19-17-28-21-32-24-30-23-31-25-33-22-29-18-20-37-35-10-2-6-14-45(35)55-47-16-8-4-12-41(47)53(49(29)51(37)55)43(33)27-39(31)38(30)26-42(32)52-40-11-3-7-15-46(40)54(44)50(36)48(28)52/h1-20,24-27H,21-23H2. The van der Waals surface area contributed by atoms with E-state index in [0.29, 0.717) is 0 Å². The van der Waals surface area contributed by atoms with E-state index in [1.165, 1.54) is 132 Å². The second-order valence-electron chi connectivity index (χ2n) is 16.7. The molecular weight excluding hydrogens is 662 g/mol. The lowest BCUT2D eigenvalue weighted by molar-refractivity contribution is 1.14. The third-order valence-corrected chi connectivity index (χ3v) is 14.3. The van der Waals surface area contributed by atoms with Gasteiger partial charge in [0.15, 0.2) is 0 Å².